The molecule has 1 aromatic carbocycles. The smallest absolute Gasteiger partial charge is 0.133 e. The molecule has 0 fully saturated rings. The van der Waals surface area contributed by atoms with E-state index in [0.29, 0.717) is 0 Å². The van der Waals surface area contributed by atoms with E-state index in [4.69, 9.17) is 11.1 Å². The second kappa shape index (κ2) is 4.29. The molecule has 2 rings (SSSR count). The van der Waals surface area contributed by atoms with Gasteiger partial charge in [0.15, 0.2) is 0 Å². The van der Waals surface area contributed by atoms with Crippen LogP contribution in [0.2, 0.25) is 0 Å². The summed E-state index contributed by atoms with van der Waals surface area (Å²) in [5.41, 5.74) is 5.40. The van der Waals surface area contributed by atoms with Gasteiger partial charge in [0.05, 0.1) is 4.88 Å². The predicted molar refractivity (Wildman–Crippen MR) is 67.8 cm³/mol. The van der Waals surface area contributed by atoms with Crippen LogP contribution in [0.5, 0.6) is 0 Å². The van der Waals surface area contributed by atoms with Gasteiger partial charge in [0.25, 0.3) is 0 Å². The number of halogens is 2. The first-order chi connectivity index (χ1) is 6.16. The van der Waals surface area contributed by atoms with Crippen molar-refractivity contribution in [3.8, 4) is 0 Å². The zero-order valence-electron chi connectivity index (χ0n) is 7.08. The second-order valence-electron chi connectivity index (χ2n) is 2.71. The Kier molecular flexibility index (Phi) is 3.53. The summed E-state index contributed by atoms with van der Waals surface area (Å²) in [6.07, 6.45) is 0. The third kappa shape index (κ3) is 2.08. The zero-order valence-corrected chi connectivity index (χ0v) is 10.3. The molecule has 0 bridgehead atoms. The Morgan fingerprint density at radius 3 is 2.71 bits per heavy atom. The molecule has 0 atom stereocenters. The number of hydrogen-bond acceptors (Lipinski definition) is 2. The molecule has 0 aliphatic rings. The minimum absolute atomic E-state index is 0. The molecule has 74 valence electrons. The van der Waals surface area contributed by atoms with Gasteiger partial charge in [-0.15, -0.1) is 23.7 Å². The molecule has 0 radical (unpaired) electrons. The number of fused-ring (bicyclic) bond motifs is 1. The van der Waals surface area contributed by atoms with Crippen molar-refractivity contribution in [1.29, 1.82) is 5.41 Å². The summed E-state index contributed by atoms with van der Waals surface area (Å²) in [5.74, 6) is 0.136. The molecule has 3 N–H and O–H groups in total. The normalized spacial score (nSPS) is 9.79. The number of nitrogens with two attached hydrogens (primary N) is 1. The van der Waals surface area contributed by atoms with E-state index in [-0.39, 0.29) is 18.2 Å². The molecule has 1 heterocycles. The summed E-state index contributed by atoms with van der Waals surface area (Å²) in [4.78, 5) is 0.827. The van der Waals surface area contributed by atoms with Crippen molar-refractivity contribution >= 4 is 55.6 Å². The molecule has 0 aliphatic carbocycles. The Hall–Kier alpha value is -0.580. The summed E-state index contributed by atoms with van der Waals surface area (Å²) in [7, 11) is 0. The second-order valence-corrected chi connectivity index (χ2v) is 4.71. The third-order valence-electron chi connectivity index (χ3n) is 1.74. The minimum atomic E-state index is 0. The molecule has 2 aromatic rings. The van der Waals surface area contributed by atoms with Gasteiger partial charge in [0.2, 0.25) is 0 Å². The van der Waals surface area contributed by atoms with Gasteiger partial charge in [-0.2, -0.15) is 0 Å². The largest absolute Gasteiger partial charge is 0.383 e. The Bertz CT molecular complexity index is 481. The van der Waals surface area contributed by atoms with E-state index in [1.165, 1.54) is 0 Å². The van der Waals surface area contributed by atoms with Gasteiger partial charge >= 0.3 is 0 Å². The standard InChI is InChI=1S/C9H7BrN2S.ClH/c10-6-1-2-7-5(3-6)4-8(13-7)9(11)12;/h1-4H,(H3,11,12);1H. The molecule has 0 amide bonds. The summed E-state index contributed by atoms with van der Waals surface area (Å²) in [6, 6.07) is 7.98. The molecule has 0 unspecified atom stereocenters. The number of amidine groups is 1. The highest BCUT2D eigenvalue weighted by molar-refractivity contribution is 9.10. The summed E-state index contributed by atoms with van der Waals surface area (Å²) >= 11 is 4.94. The van der Waals surface area contributed by atoms with Gasteiger partial charge in [-0.3, -0.25) is 5.41 Å². The van der Waals surface area contributed by atoms with Crippen molar-refractivity contribution in [2.75, 3.05) is 0 Å². The van der Waals surface area contributed by atoms with Crippen LogP contribution < -0.4 is 5.73 Å². The van der Waals surface area contributed by atoms with Crippen molar-refractivity contribution in [3.63, 3.8) is 0 Å². The first-order valence-corrected chi connectivity index (χ1v) is 5.31. The number of nitrogens with one attached hydrogen (secondary N) is 1. The Labute approximate surface area is 100 Å². The fourth-order valence-corrected chi connectivity index (χ4v) is 2.43. The van der Waals surface area contributed by atoms with Crippen LogP contribution in [0, 0.1) is 5.41 Å². The van der Waals surface area contributed by atoms with Gasteiger partial charge in [-0.1, -0.05) is 15.9 Å². The van der Waals surface area contributed by atoms with E-state index in [1.54, 1.807) is 11.3 Å². The maximum atomic E-state index is 7.30. The van der Waals surface area contributed by atoms with Gasteiger partial charge in [-0.25, -0.2) is 0 Å². The fraction of sp³-hybridized carbons (Fsp3) is 0. The van der Waals surface area contributed by atoms with Crippen LogP contribution in [0.4, 0.5) is 0 Å². The molecule has 0 saturated heterocycles. The lowest BCUT2D eigenvalue weighted by Gasteiger charge is -1.88. The van der Waals surface area contributed by atoms with E-state index in [0.717, 1.165) is 19.4 Å². The minimum Gasteiger partial charge on any atom is -0.383 e. The Morgan fingerprint density at radius 1 is 1.36 bits per heavy atom. The average Bonchev–Trinajstić information content (AvgIpc) is 2.46. The van der Waals surface area contributed by atoms with Crippen molar-refractivity contribution in [1.82, 2.24) is 0 Å². The lowest BCUT2D eigenvalue weighted by molar-refractivity contribution is 1.46. The van der Waals surface area contributed by atoms with E-state index in [1.807, 2.05) is 24.3 Å². The van der Waals surface area contributed by atoms with E-state index in [9.17, 15) is 0 Å². The van der Waals surface area contributed by atoms with E-state index in [2.05, 4.69) is 15.9 Å². The number of benzene rings is 1. The van der Waals surface area contributed by atoms with Crippen LogP contribution in [0.25, 0.3) is 10.1 Å². The van der Waals surface area contributed by atoms with Gasteiger partial charge < -0.3 is 5.73 Å². The van der Waals surface area contributed by atoms with E-state index >= 15 is 0 Å². The number of rotatable bonds is 1. The number of hydrogen-bond donors (Lipinski definition) is 2. The first kappa shape index (κ1) is 11.5. The van der Waals surface area contributed by atoms with Gasteiger partial charge in [0, 0.05) is 9.17 Å². The van der Waals surface area contributed by atoms with Crippen LogP contribution in [0.15, 0.2) is 28.7 Å². The van der Waals surface area contributed by atoms with Gasteiger partial charge in [0.1, 0.15) is 5.84 Å². The predicted octanol–water partition coefficient (Wildman–Crippen LogP) is 3.37. The van der Waals surface area contributed by atoms with Crippen molar-refractivity contribution < 1.29 is 0 Å². The number of thiophene rings is 1. The van der Waals surface area contributed by atoms with Crippen LogP contribution in [-0.2, 0) is 0 Å². The first-order valence-electron chi connectivity index (χ1n) is 3.70. The van der Waals surface area contributed by atoms with Gasteiger partial charge in [-0.05, 0) is 29.7 Å². The lowest BCUT2D eigenvalue weighted by atomic mass is 10.2. The lowest BCUT2D eigenvalue weighted by Crippen LogP contribution is -2.08. The maximum Gasteiger partial charge on any atom is 0.133 e. The Morgan fingerprint density at radius 2 is 2.07 bits per heavy atom. The van der Waals surface area contributed by atoms with E-state index < -0.39 is 0 Å². The molecule has 0 saturated carbocycles. The molecule has 14 heavy (non-hydrogen) atoms. The highest BCUT2D eigenvalue weighted by Gasteiger charge is 2.03. The fourth-order valence-electron chi connectivity index (χ4n) is 1.15. The summed E-state index contributed by atoms with van der Waals surface area (Å²) in [5, 5.41) is 8.43. The van der Waals surface area contributed by atoms with Crippen LogP contribution in [0.3, 0.4) is 0 Å². The van der Waals surface area contributed by atoms with Crippen molar-refractivity contribution in [2.24, 2.45) is 5.73 Å². The third-order valence-corrected chi connectivity index (χ3v) is 3.39. The van der Waals surface area contributed by atoms with Crippen molar-refractivity contribution in [3.05, 3.63) is 33.6 Å². The summed E-state index contributed by atoms with van der Waals surface area (Å²) in [6.45, 7) is 0. The van der Waals surface area contributed by atoms with Crippen molar-refractivity contribution in [2.45, 2.75) is 0 Å². The van der Waals surface area contributed by atoms with Crippen LogP contribution in [0.1, 0.15) is 4.88 Å². The quantitative estimate of drug-likeness (QED) is 0.614. The molecule has 2 nitrogen and oxygen atoms in total. The van der Waals surface area contributed by atoms with Crippen LogP contribution in [-0.4, -0.2) is 5.84 Å². The highest BCUT2D eigenvalue weighted by Crippen LogP contribution is 2.27. The maximum absolute atomic E-state index is 7.30. The SMILES string of the molecule is Cl.N=C(N)c1cc2cc(Br)ccc2s1. The molecule has 0 spiro atoms. The molecular weight excluding hydrogens is 284 g/mol. The zero-order chi connectivity index (χ0) is 9.42. The highest BCUT2D eigenvalue weighted by atomic mass is 79.9. The topological polar surface area (TPSA) is 49.9 Å². The monoisotopic (exact) mass is 290 g/mol. The Balaban J connectivity index is 0.000000980. The average molecular weight is 292 g/mol. The van der Waals surface area contributed by atoms with Crippen LogP contribution >= 0.6 is 39.7 Å². The molecule has 5 heteroatoms. The summed E-state index contributed by atoms with van der Waals surface area (Å²) < 4.78 is 2.21. The molecule has 1 aromatic heterocycles. The number of nitrogen functional groups attached to an aromatic ring is 1. The molecule has 0 aliphatic heterocycles. The molecular formula is C9H8BrClN2S.